The van der Waals surface area contributed by atoms with E-state index in [0.717, 1.165) is 19.4 Å². The maximum absolute atomic E-state index is 10.7. The van der Waals surface area contributed by atoms with Crippen LogP contribution in [0.3, 0.4) is 0 Å². The fourth-order valence-electron chi connectivity index (χ4n) is 2.66. The molecule has 0 spiro atoms. The first-order valence-electron chi connectivity index (χ1n) is 6.16. The van der Waals surface area contributed by atoms with E-state index in [4.69, 9.17) is 5.11 Å². The van der Waals surface area contributed by atoms with Gasteiger partial charge in [0.15, 0.2) is 0 Å². The minimum Gasteiger partial charge on any atom is -0.480 e. The SMILES string of the molecule is C[C@@H]1[C@@H](Cc2ccccc2)CCN1CC(=O)O. The third-order valence-corrected chi connectivity index (χ3v) is 3.72. The smallest absolute Gasteiger partial charge is 0.317 e. The first-order chi connectivity index (χ1) is 8.16. The minimum atomic E-state index is -0.725. The Balaban J connectivity index is 1.94. The van der Waals surface area contributed by atoms with Gasteiger partial charge in [-0.15, -0.1) is 0 Å². The molecule has 0 bridgehead atoms. The summed E-state index contributed by atoms with van der Waals surface area (Å²) in [5, 5.41) is 8.83. The Bertz CT molecular complexity index is 377. The van der Waals surface area contributed by atoms with Gasteiger partial charge in [-0.2, -0.15) is 0 Å². The van der Waals surface area contributed by atoms with Crippen LogP contribution in [0.25, 0.3) is 0 Å². The van der Waals surface area contributed by atoms with E-state index in [1.165, 1.54) is 5.56 Å². The Morgan fingerprint density at radius 1 is 1.41 bits per heavy atom. The third-order valence-electron chi connectivity index (χ3n) is 3.72. The topological polar surface area (TPSA) is 40.5 Å². The second kappa shape index (κ2) is 5.32. The molecule has 2 atom stereocenters. The molecule has 1 aliphatic rings. The van der Waals surface area contributed by atoms with Crippen LogP contribution >= 0.6 is 0 Å². The highest BCUT2D eigenvalue weighted by Gasteiger charge is 2.31. The second-order valence-corrected chi connectivity index (χ2v) is 4.84. The van der Waals surface area contributed by atoms with E-state index in [-0.39, 0.29) is 6.54 Å². The number of aliphatic carboxylic acids is 1. The van der Waals surface area contributed by atoms with Gasteiger partial charge >= 0.3 is 5.97 Å². The van der Waals surface area contributed by atoms with Gasteiger partial charge in [-0.1, -0.05) is 30.3 Å². The van der Waals surface area contributed by atoms with Crippen LogP contribution in [-0.2, 0) is 11.2 Å². The van der Waals surface area contributed by atoms with Gasteiger partial charge < -0.3 is 5.11 Å². The van der Waals surface area contributed by atoms with E-state index >= 15 is 0 Å². The van der Waals surface area contributed by atoms with Crippen molar-refractivity contribution in [1.82, 2.24) is 4.90 Å². The van der Waals surface area contributed by atoms with Gasteiger partial charge in [0.2, 0.25) is 0 Å². The van der Waals surface area contributed by atoms with Crippen LogP contribution in [0.2, 0.25) is 0 Å². The monoisotopic (exact) mass is 233 g/mol. The Kier molecular flexibility index (Phi) is 3.79. The molecule has 1 fully saturated rings. The van der Waals surface area contributed by atoms with Crippen molar-refractivity contribution in [3.8, 4) is 0 Å². The zero-order valence-corrected chi connectivity index (χ0v) is 10.2. The molecule has 1 heterocycles. The maximum Gasteiger partial charge on any atom is 0.317 e. The lowest BCUT2D eigenvalue weighted by Crippen LogP contribution is -2.35. The summed E-state index contributed by atoms with van der Waals surface area (Å²) in [6, 6.07) is 10.8. The van der Waals surface area contributed by atoms with Gasteiger partial charge in [0.25, 0.3) is 0 Å². The Hall–Kier alpha value is -1.35. The Morgan fingerprint density at radius 3 is 2.76 bits per heavy atom. The molecule has 3 nitrogen and oxygen atoms in total. The van der Waals surface area contributed by atoms with Gasteiger partial charge in [0.05, 0.1) is 6.54 Å². The van der Waals surface area contributed by atoms with Crippen molar-refractivity contribution in [2.45, 2.75) is 25.8 Å². The van der Waals surface area contributed by atoms with Crippen molar-refractivity contribution in [3.63, 3.8) is 0 Å². The second-order valence-electron chi connectivity index (χ2n) is 4.84. The van der Waals surface area contributed by atoms with E-state index in [1.807, 2.05) is 6.07 Å². The Morgan fingerprint density at radius 2 is 2.12 bits per heavy atom. The first kappa shape index (κ1) is 12.1. The lowest BCUT2D eigenvalue weighted by molar-refractivity contribution is -0.138. The summed E-state index contributed by atoms with van der Waals surface area (Å²) in [5.41, 5.74) is 1.35. The van der Waals surface area contributed by atoms with Crippen molar-refractivity contribution in [3.05, 3.63) is 35.9 Å². The van der Waals surface area contributed by atoms with Gasteiger partial charge in [-0.05, 0) is 37.8 Å². The summed E-state index contributed by atoms with van der Waals surface area (Å²) in [7, 11) is 0. The standard InChI is InChI=1S/C14H19NO2/c1-11-13(7-8-15(11)10-14(16)17)9-12-5-3-2-4-6-12/h2-6,11,13H,7-10H2,1H3,(H,16,17)/t11-,13-/m1/s1. The molecule has 2 rings (SSSR count). The predicted molar refractivity (Wildman–Crippen MR) is 66.9 cm³/mol. The molecule has 0 saturated carbocycles. The van der Waals surface area contributed by atoms with Gasteiger partial charge in [-0.25, -0.2) is 0 Å². The highest BCUT2D eigenvalue weighted by Crippen LogP contribution is 2.26. The normalized spacial score (nSPS) is 25.0. The molecule has 1 aromatic rings. The van der Waals surface area contributed by atoms with Crippen molar-refractivity contribution < 1.29 is 9.90 Å². The zero-order chi connectivity index (χ0) is 12.3. The number of nitrogens with zero attached hydrogens (tertiary/aromatic N) is 1. The molecule has 0 aliphatic carbocycles. The molecule has 1 N–H and O–H groups in total. The molecule has 1 aromatic carbocycles. The van der Waals surface area contributed by atoms with E-state index in [9.17, 15) is 4.79 Å². The fourth-order valence-corrected chi connectivity index (χ4v) is 2.66. The average molecular weight is 233 g/mol. The van der Waals surface area contributed by atoms with Gasteiger partial charge in [0, 0.05) is 6.04 Å². The van der Waals surface area contributed by atoms with Crippen molar-refractivity contribution >= 4 is 5.97 Å². The van der Waals surface area contributed by atoms with E-state index in [2.05, 4.69) is 36.1 Å². The molecule has 0 radical (unpaired) electrons. The molecule has 1 aliphatic heterocycles. The number of carboxylic acids is 1. The maximum atomic E-state index is 10.7. The quantitative estimate of drug-likeness (QED) is 0.865. The van der Waals surface area contributed by atoms with Gasteiger partial charge in [-0.3, -0.25) is 9.69 Å². The molecule has 0 unspecified atom stereocenters. The number of hydrogen-bond donors (Lipinski definition) is 1. The minimum absolute atomic E-state index is 0.173. The summed E-state index contributed by atoms with van der Waals surface area (Å²) in [6.07, 6.45) is 2.15. The molecule has 92 valence electrons. The van der Waals surface area contributed by atoms with Crippen LogP contribution in [0, 0.1) is 5.92 Å². The first-order valence-corrected chi connectivity index (χ1v) is 6.16. The summed E-state index contributed by atoms with van der Waals surface area (Å²) >= 11 is 0. The molecule has 3 heteroatoms. The van der Waals surface area contributed by atoms with Crippen LogP contribution in [0.15, 0.2) is 30.3 Å². The summed E-state index contributed by atoms with van der Waals surface area (Å²) in [4.78, 5) is 12.8. The molecule has 1 saturated heterocycles. The highest BCUT2D eigenvalue weighted by atomic mass is 16.4. The van der Waals surface area contributed by atoms with E-state index < -0.39 is 5.97 Å². The number of rotatable bonds is 4. The highest BCUT2D eigenvalue weighted by molar-refractivity contribution is 5.69. The molecular formula is C14H19NO2. The number of carbonyl (C=O) groups is 1. The van der Waals surface area contributed by atoms with E-state index in [1.54, 1.807) is 0 Å². The van der Waals surface area contributed by atoms with Crippen molar-refractivity contribution in [1.29, 1.82) is 0 Å². The summed E-state index contributed by atoms with van der Waals surface area (Å²) in [6.45, 7) is 3.22. The van der Waals surface area contributed by atoms with E-state index in [0.29, 0.717) is 12.0 Å². The predicted octanol–water partition coefficient (Wildman–Crippen LogP) is 2.02. The van der Waals surface area contributed by atoms with Crippen LogP contribution in [-0.4, -0.2) is 35.1 Å². The summed E-state index contributed by atoms with van der Waals surface area (Å²) in [5.74, 6) is -0.144. The number of carboxylic acid groups (broad SMARTS) is 1. The van der Waals surface area contributed by atoms with Gasteiger partial charge in [0.1, 0.15) is 0 Å². The van der Waals surface area contributed by atoms with Crippen LogP contribution in [0.4, 0.5) is 0 Å². The fraction of sp³-hybridized carbons (Fsp3) is 0.500. The number of likely N-dealkylation sites (tertiary alicyclic amines) is 1. The molecule has 0 amide bonds. The van der Waals surface area contributed by atoms with Crippen LogP contribution in [0.1, 0.15) is 18.9 Å². The largest absolute Gasteiger partial charge is 0.480 e. The van der Waals surface area contributed by atoms with Crippen molar-refractivity contribution in [2.24, 2.45) is 5.92 Å². The molecule has 17 heavy (non-hydrogen) atoms. The lowest BCUT2D eigenvalue weighted by atomic mass is 9.93. The number of benzene rings is 1. The summed E-state index contributed by atoms with van der Waals surface area (Å²) < 4.78 is 0. The average Bonchev–Trinajstić information content (AvgIpc) is 2.62. The third kappa shape index (κ3) is 3.07. The molecule has 0 aromatic heterocycles. The Labute approximate surface area is 102 Å². The lowest BCUT2D eigenvalue weighted by Gasteiger charge is -2.22. The van der Waals surface area contributed by atoms with Crippen LogP contribution < -0.4 is 0 Å². The molecular weight excluding hydrogens is 214 g/mol. The number of hydrogen-bond acceptors (Lipinski definition) is 2. The van der Waals surface area contributed by atoms with Crippen LogP contribution in [0.5, 0.6) is 0 Å². The zero-order valence-electron chi connectivity index (χ0n) is 10.2. The van der Waals surface area contributed by atoms with Crippen molar-refractivity contribution in [2.75, 3.05) is 13.1 Å².